The Morgan fingerprint density at radius 3 is 2.37 bits per heavy atom. The first-order valence-corrected chi connectivity index (χ1v) is 6.36. The summed E-state index contributed by atoms with van der Waals surface area (Å²) in [6.45, 7) is 5.78. The number of rotatable bonds is 8. The summed E-state index contributed by atoms with van der Waals surface area (Å²) >= 11 is 0. The van der Waals surface area contributed by atoms with Crippen LogP contribution in [0.15, 0.2) is 5.16 Å². The van der Waals surface area contributed by atoms with E-state index in [1.54, 1.807) is 0 Å². The molecule has 1 atom stereocenters. The van der Waals surface area contributed by atoms with Crippen LogP contribution < -0.4 is 11.1 Å². The van der Waals surface area contributed by atoms with Crippen molar-refractivity contribution in [3.05, 3.63) is 0 Å². The Morgan fingerprint density at radius 2 is 1.89 bits per heavy atom. The molecule has 0 aromatic rings. The van der Waals surface area contributed by atoms with Gasteiger partial charge < -0.3 is 16.3 Å². The molecular weight excluding hydrogens is 259 g/mol. The molecule has 0 saturated carbocycles. The SMILES string of the molecule is CC(CC(F)(F)F)NCCCCC(C)(C)C(N)=NO. The van der Waals surface area contributed by atoms with Gasteiger partial charge in [-0.3, -0.25) is 0 Å². The van der Waals surface area contributed by atoms with Crippen molar-refractivity contribution in [3.63, 3.8) is 0 Å². The smallest absolute Gasteiger partial charge is 0.390 e. The molecule has 0 aliphatic rings. The summed E-state index contributed by atoms with van der Waals surface area (Å²) in [6.07, 6.45) is -2.67. The number of hydrogen-bond acceptors (Lipinski definition) is 3. The molecule has 1 unspecified atom stereocenters. The fourth-order valence-corrected chi connectivity index (χ4v) is 1.72. The van der Waals surface area contributed by atoms with E-state index in [1.807, 2.05) is 13.8 Å². The molecule has 0 radical (unpaired) electrons. The van der Waals surface area contributed by atoms with Gasteiger partial charge in [0.1, 0.15) is 5.84 Å². The van der Waals surface area contributed by atoms with Crippen molar-refractivity contribution in [2.24, 2.45) is 16.3 Å². The van der Waals surface area contributed by atoms with E-state index in [2.05, 4.69) is 10.5 Å². The van der Waals surface area contributed by atoms with Crippen LogP contribution >= 0.6 is 0 Å². The molecular formula is C12H24F3N3O. The number of halogens is 3. The largest absolute Gasteiger partial charge is 0.409 e. The zero-order valence-corrected chi connectivity index (χ0v) is 11.7. The van der Waals surface area contributed by atoms with Crippen molar-refractivity contribution in [2.75, 3.05) is 6.54 Å². The van der Waals surface area contributed by atoms with E-state index in [-0.39, 0.29) is 5.84 Å². The van der Waals surface area contributed by atoms with Crippen LogP contribution in [0.5, 0.6) is 0 Å². The predicted molar refractivity (Wildman–Crippen MR) is 69.2 cm³/mol. The molecule has 0 saturated heterocycles. The normalized spacial score (nSPS) is 15.6. The highest BCUT2D eigenvalue weighted by Crippen LogP contribution is 2.23. The zero-order valence-electron chi connectivity index (χ0n) is 11.7. The van der Waals surface area contributed by atoms with E-state index in [0.717, 1.165) is 19.3 Å². The van der Waals surface area contributed by atoms with Crippen molar-refractivity contribution >= 4 is 5.84 Å². The molecule has 0 amide bonds. The number of nitrogens with two attached hydrogens (primary N) is 1. The minimum atomic E-state index is -4.12. The lowest BCUT2D eigenvalue weighted by molar-refractivity contribution is -0.139. The summed E-state index contributed by atoms with van der Waals surface area (Å²) in [5.74, 6) is 0.172. The first kappa shape index (κ1) is 18.0. The second-order valence-corrected chi connectivity index (χ2v) is 5.50. The molecule has 114 valence electrons. The minimum absolute atomic E-state index is 0.172. The number of oxime groups is 1. The van der Waals surface area contributed by atoms with Crippen LogP contribution in [0.2, 0.25) is 0 Å². The molecule has 19 heavy (non-hydrogen) atoms. The molecule has 0 aromatic heterocycles. The van der Waals surface area contributed by atoms with Crippen molar-refractivity contribution in [2.45, 2.75) is 58.7 Å². The number of nitrogens with one attached hydrogen (secondary N) is 1. The van der Waals surface area contributed by atoms with Gasteiger partial charge in [0.15, 0.2) is 0 Å². The Balaban J connectivity index is 3.77. The van der Waals surface area contributed by atoms with Crippen LogP contribution in [-0.4, -0.2) is 29.8 Å². The maximum Gasteiger partial charge on any atom is 0.390 e. The van der Waals surface area contributed by atoms with E-state index < -0.39 is 24.1 Å². The van der Waals surface area contributed by atoms with Gasteiger partial charge in [0, 0.05) is 11.5 Å². The topological polar surface area (TPSA) is 70.6 Å². The van der Waals surface area contributed by atoms with Crippen LogP contribution in [0.3, 0.4) is 0 Å². The number of amidine groups is 1. The maximum absolute atomic E-state index is 12.1. The standard InChI is InChI=1S/C12H24F3N3O/c1-9(8-12(13,14)15)17-7-5-4-6-11(2,3)10(16)18-19/h9,17,19H,4-8H2,1-3H3,(H2,16,18). The summed E-state index contributed by atoms with van der Waals surface area (Å²) in [5, 5.41) is 14.4. The summed E-state index contributed by atoms with van der Waals surface area (Å²) in [5.41, 5.74) is 5.15. The highest BCUT2D eigenvalue weighted by molar-refractivity contribution is 5.85. The fourth-order valence-electron chi connectivity index (χ4n) is 1.72. The summed E-state index contributed by atoms with van der Waals surface area (Å²) in [4.78, 5) is 0. The third-order valence-electron chi connectivity index (χ3n) is 3.06. The fraction of sp³-hybridized carbons (Fsp3) is 0.917. The van der Waals surface area contributed by atoms with E-state index >= 15 is 0 Å². The van der Waals surface area contributed by atoms with Gasteiger partial charge in [-0.2, -0.15) is 13.2 Å². The lowest BCUT2D eigenvalue weighted by Gasteiger charge is -2.22. The van der Waals surface area contributed by atoms with Crippen LogP contribution in [0.25, 0.3) is 0 Å². The maximum atomic E-state index is 12.1. The van der Waals surface area contributed by atoms with Crippen molar-refractivity contribution < 1.29 is 18.4 Å². The Bertz CT molecular complexity index is 290. The van der Waals surface area contributed by atoms with Gasteiger partial charge in [-0.25, -0.2) is 0 Å². The molecule has 0 bridgehead atoms. The van der Waals surface area contributed by atoms with Gasteiger partial charge >= 0.3 is 6.18 Å². The average molecular weight is 283 g/mol. The van der Waals surface area contributed by atoms with Crippen LogP contribution in [0.4, 0.5) is 13.2 Å². The molecule has 0 aromatic carbocycles. The lowest BCUT2D eigenvalue weighted by Crippen LogP contribution is -2.33. The molecule has 0 rings (SSSR count). The summed E-state index contributed by atoms with van der Waals surface area (Å²) < 4.78 is 36.2. The quantitative estimate of drug-likeness (QED) is 0.211. The average Bonchev–Trinajstić information content (AvgIpc) is 2.24. The van der Waals surface area contributed by atoms with Crippen molar-refractivity contribution in [3.8, 4) is 0 Å². The van der Waals surface area contributed by atoms with Gasteiger partial charge in [-0.15, -0.1) is 0 Å². The Kier molecular flexibility index (Phi) is 7.18. The van der Waals surface area contributed by atoms with Crippen LogP contribution in [0, 0.1) is 5.41 Å². The third kappa shape index (κ3) is 8.69. The molecule has 0 spiro atoms. The van der Waals surface area contributed by atoms with Crippen molar-refractivity contribution in [1.82, 2.24) is 5.32 Å². The predicted octanol–water partition coefficient (Wildman–Crippen LogP) is 2.86. The van der Waals surface area contributed by atoms with Crippen LogP contribution in [0.1, 0.15) is 46.5 Å². The molecule has 0 fully saturated rings. The van der Waals surface area contributed by atoms with Crippen molar-refractivity contribution in [1.29, 1.82) is 0 Å². The van der Waals surface area contributed by atoms with Gasteiger partial charge in [0.25, 0.3) is 0 Å². The number of unbranched alkanes of at least 4 members (excludes halogenated alkanes) is 1. The second kappa shape index (κ2) is 7.57. The van der Waals surface area contributed by atoms with Gasteiger partial charge in [-0.05, 0) is 26.3 Å². The Labute approximate surface area is 112 Å². The highest BCUT2D eigenvalue weighted by Gasteiger charge is 2.29. The highest BCUT2D eigenvalue weighted by atomic mass is 19.4. The molecule has 4 nitrogen and oxygen atoms in total. The second-order valence-electron chi connectivity index (χ2n) is 5.50. The molecule has 0 aliphatic heterocycles. The molecule has 0 heterocycles. The number of alkyl halides is 3. The first-order chi connectivity index (χ1) is 8.58. The Hall–Kier alpha value is -0.980. The lowest BCUT2D eigenvalue weighted by atomic mass is 9.86. The number of nitrogens with zero attached hydrogens (tertiary/aromatic N) is 1. The summed E-state index contributed by atoms with van der Waals surface area (Å²) in [6, 6.07) is -0.572. The van der Waals surface area contributed by atoms with E-state index in [0.29, 0.717) is 6.54 Å². The van der Waals surface area contributed by atoms with Gasteiger partial charge in [-0.1, -0.05) is 25.4 Å². The third-order valence-corrected chi connectivity index (χ3v) is 3.06. The Morgan fingerprint density at radius 1 is 1.32 bits per heavy atom. The minimum Gasteiger partial charge on any atom is -0.409 e. The molecule has 0 aliphatic carbocycles. The first-order valence-electron chi connectivity index (χ1n) is 6.36. The van der Waals surface area contributed by atoms with E-state index in [9.17, 15) is 13.2 Å². The molecule has 7 heteroatoms. The van der Waals surface area contributed by atoms with Gasteiger partial charge in [0.05, 0.1) is 6.42 Å². The number of hydrogen-bond donors (Lipinski definition) is 3. The zero-order chi connectivity index (χ0) is 15.1. The van der Waals surface area contributed by atoms with E-state index in [4.69, 9.17) is 10.9 Å². The monoisotopic (exact) mass is 283 g/mol. The summed E-state index contributed by atoms with van der Waals surface area (Å²) in [7, 11) is 0. The van der Waals surface area contributed by atoms with Gasteiger partial charge in [0.2, 0.25) is 0 Å². The van der Waals surface area contributed by atoms with E-state index in [1.165, 1.54) is 6.92 Å². The molecule has 4 N–H and O–H groups in total. The van der Waals surface area contributed by atoms with Crippen LogP contribution in [-0.2, 0) is 0 Å².